The Labute approximate surface area is 116 Å². The van der Waals surface area contributed by atoms with Crippen LogP contribution in [0.1, 0.15) is 31.7 Å². The first-order valence-corrected chi connectivity index (χ1v) is 7.37. The number of methoxy groups -OCH3 is 1. The van der Waals surface area contributed by atoms with E-state index in [1.165, 1.54) is 31.4 Å². The van der Waals surface area contributed by atoms with Gasteiger partial charge in [0.15, 0.2) is 0 Å². The van der Waals surface area contributed by atoms with Gasteiger partial charge in [0.2, 0.25) is 0 Å². The highest BCUT2D eigenvalue weighted by Crippen LogP contribution is 2.12. The van der Waals surface area contributed by atoms with Crippen LogP contribution in [-0.2, 0) is 6.42 Å². The van der Waals surface area contributed by atoms with Crippen molar-refractivity contribution in [2.24, 2.45) is 0 Å². The molecule has 19 heavy (non-hydrogen) atoms. The van der Waals surface area contributed by atoms with Crippen LogP contribution in [0.3, 0.4) is 0 Å². The Morgan fingerprint density at radius 1 is 1.37 bits per heavy atom. The fraction of sp³-hybridized carbons (Fsp3) is 0.625. The number of rotatable bonds is 7. The normalized spacial score (nSPS) is 20.4. The van der Waals surface area contributed by atoms with Crippen molar-refractivity contribution in [3.63, 3.8) is 0 Å². The first-order chi connectivity index (χ1) is 9.28. The van der Waals surface area contributed by atoms with E-state index in [1.807, 2.05) is 12.1 Å². The minimum Gasteiger partial charge on any atom is -0.497 e. The second-order valence-electron chi connectivity index (χ2n) is 5.48. The van der Waals surface area contributed by atoms with E-state index in [4.69, 9.17) is 4.74 Å². The summed E-state index contributed by atoms with van der Waals surface area (Å²) in [5, 5.41) is 7.17. The molecule has 3 heteroatoms. The highest BCUT2D eigenvalue weighted by Gasteiger charge is 2.16. The lowest BCUT2D eigenvalue weighted by atomic mass is 10.1. The van der Waals surface area contributed by atoms with E-state index < -0.39 is 0 Å². The van der Waals surface area contributed by atoms with Gasteiger partial charge in [-0.3, -0.25) is 0 Å². The summed E-state index contributed by atoms with van der Waals surface area (Å²) >= 11 is 0. The van der Waals surface area contributed by atoms with Gasteiger partial charge in [-0.2, -0.15) is 0 Å². The summed E-state index contributed by atoms with van der Waals surface area (Å²) in [6.45, 7) is 4.53. The topological polar surface area (TPSA) is 33.3 Å². The molecule has 2 N–H and O–H groups in total. The Morgan fingerprint density at radius 3 is 2.79 bits per heavy atom. The molecule has 1 aliphatic rings. The standard InChI is InChI=1S/C16H26N2O/c1-13(12-15-4-3-10-18-15)17-11-9-14-5-7-16(19-2)8-6-14/h5-8,13,15,17-18H,3-4,9-12H2,1-2H3. The number of hydrogen-bond acceptors (Lipinski definition) is 3. The highest BCUT2D eigenvalue weighted by molar-refractivity contribution is 5.27. The van der Waals surface area contributed by atoms with Gasteiger partial charge in [0.1, 0.15) is 5.75 Å². The van der Waals surface area contributed by atoms with Crippen molar-refractivity contribution in [3.05, 3.63) is 29.8 Å². The van der Waals surface area contributed by atoms with Crippen LogP contribution >= 0.6 is 0 Å². The summed E-state index contributed by atoms with van der Waals surface area (Å²) < 4.78 is 5.16. The maximum atomic E-state index is 5.16. The number of nitrogens with one attached hydrogen (secondary N) is 2. The first-order valence-electron chi connectivity index (χ1n) is 7.37. The number of benzene rings is 1. The molecular formula is C16H26N2O. The molecule has 1 aliphatic heterocycles. The van der Waals surface area contributed by atoms with Gasteiger partial charge >= 0.3 is 0 Å². The van der Waals surface area contributed by atoms with E-state index >= 15 is 0 Å². The van der Waals surface area contributed by atoms with E-state index in [0.717, 1.165) is 24.8 Å². The smallest absolute Gasteiger partial charge is 0.118 e. The first kappa shape index (κ1) is 14.4. The Kier molecular flexibility index (Phi) is 5.67. The van der Waals surface area contributed by atoms with Crippen LogP contribution in [0, 0.1) is 0 Å². The third kappa shape index (κ3) is 4.84. The zero-order chi connectivity index (χ0) is 13.5. The number of hydrogen-bond donors (Lipinski definition) is 2. The second-order valence-corrected chi connectivity index (χ2v) is 5.48. The summed E-state index contributed by atoms with van der Waals surface area (Å²) in [4.78, 5) is 0. The van der Waals surface area contributed by atoms with E-state index in [2.05, 4.69) is 29.7 Å². The van der Waals surface area contributed by atoms with Gasteiger partial charge in [0.25, 0.3) is 0 Å². The zero-order valence-corrected chi connectivity index (χ0v) is 12.1. The minimum absolute atomic E-state index is 0.592. The second kappa shape index (κ2) is 7.51. The maximum Gasteiger partial charge on any atom is 0.118 e. The average molecular weight is 262 g/mol. The van der Waals surface area contributed by atoms with Crippen molar-refractivity contribution >= 4 is 0 Å². The van der Waals surface area contributed by atoms with Gasteiger partial charge in [-0.05, 0) is 63.4 Å². The predicted octanol–water partition coefficient (Wildman–Crippen LogP) is 2.36. The van der Waals surface area contributed by atoms with Crippen LogP contribution in [0.4, 0.5) is 0 Å². The van der Waals surface area contributed by atoms with E-state index in [0.29, 0.717) is 6.04 Å². The summed E-state index contributed by atoms with van der Waals surface area (Å²) in [6.07, 6.45) is 4.99. The third-order valence-electron chi connectivity index (χ3n) is 3.87. The van der Waals surface area contributed by atoms with Crippen molar-refractivity contribution in [2.45, 2.75) is 44.7 Å². The van der Waals surface area contributed by atoms with Gasteiger partial charge < -0.3 is 15.4 Å². The van der Waals surface area contributed by atoms with Crippen LogP contribution in [0.15, 0.2) is 24.3 Å². The summed E-state index contributed by atoms with van der Waals surface area (Å²) in [7, 11) is 1.70. The average Bonchev–Trinajstić information content (AvgIpc) is 2.92. The van der Waals surface area contributed by atoms with Crippen LogP contribution in [0.5, 0.6) is 5.75 Å². The fourth-order valence-electron chi connectivity index (χ4n) is 2.72. The molecule has 3 nitrogen and oxygen atoms in total. The van der Waals surface area contributed by atoms with Crippen molar-refractivity contribution in [1.82, 2.24) is 10.6 Å². The van der Waals surface area contributed by atoms with Crippen LogP contribution in [0.25, 0.3) is 0 Å². The molecule has 106 valence electrons. The lowest BCUT2D eigenvalue weighted by Gasteiger charge is -2.18. The molecule has 1 fully saturated rings. The molecule has 0 bridgehead atoms. The molecule has 1 saturated heterocycles. The fourth-order valence-corrected chi connectivity index (χ4v) is 2.72. The molecular weight excluding hydrogens is 236 g/mol. The van der Waals surface area contributed by atoms with Gasteiger partial charge in [0.05, 0.1) is 7.11 Å². The zero-order valence-electron chi connectivity index (χ0n) is 12.1. The Balaban J connectivity index is 1.64. The minimum atomic E-state index is 0.592. The van der Waals surface area contributed by atoms with Gasteiger partial charge in [-0.25, -0.2) is 0 Å². The molecule has 1 heterocycles. The van der Waals surface area contributed by atoms with Crippen molar-refractivity contribution in [3.8, 4) is 5.75 Å². The van der Waals surface area contributed by atoms with Crippen LogP contribution in [-0.4, -0.2) is 32.3 Å². The lowest BCUT2D eigenvalue weighted by Crippen LogP contribution is -2.34. The quantitative estimate of drug-likeness (QED) is 0.791. The molecule has 1 aromatic carbocycles. The SMILES string of the molecule is COc1ccc(CCNC(C)CC2CCCN2)cc1. The summed E-state index contributed by atoms with van der Waals surface area (Å²) in [6, 6.07) is 9.66. The Bertz CT molecular complexity index is 358. The monoisotopic (exact) mass is 262 g/mol. The molecule has 2 atom stereocenters. The third-order valence-corrected chi connectivity index (χ3v) is 3.87. The predicted molar refractivity (Wildman–Crippen MR) is 79.8 cm³/mol. The lowest BCUT2D eigenvalue weighted by molar-refractivity contribution is 0.414. The molecule has 0 radical (unpaired) electrons. The Morgan fingerprint density at radius 2 is 2.16 bits per heavy atom. The molecule has 0 amide bonds. The van der Waals surface area contributed by atoms with Gasteiger partial charge in [-0.1, -0.05) is 12.1 Å². The van der Waals surface area contributed by atoms with Crippen LogP contribution in [0.2, 0.25) is 0 Å². The molecule has 0 saturated carbocycles. The largest absolute Gasteiger partial charge is 0.497 e. The van der Waals surface area contributed by atoms with Crippen molar-refractivity contribution in [1.29, 1.82) is 0 Å². The van der Waals surface area contributed by atoms with E-state index in [9.17, 15) is 0 Å². The molecule has 0 aliphatic carbocycles. The summed E-state index contributed by atoms with van der Waals surface area (Å²) in [5.74, 6) is 0.928. The van der Waals surface area contributed by atoms with E-state index in [1.54, 1.807) is 7.11 Å². The van der Waals surface area contributed by atoms with E-state index in [-0.39, 0.29) is 0 Å². The highest BCUT2D eigenvalue weighted by atomic mass is 16.5. The van der Waals surface area contributed by atoms with Crippen molar-refractivity contribution in [2.75, 3.05) is 20.2 Å². The Hall–Kier alpha value is -1.06. The molecule has 2 rings (SSSR count). The molecule has 2 unspecified atom stereocenters. The molecule has 0 spiro atoms. The van der Waals surface area contributed by atoms with Gasteiger partial charge in [-0.15, -0.1) is 0 Å². The van der Waals surface area contributed by atoms with Crippen LogP contribution < -0.4 is 15.4 Å². The number of ether oxygens (including phenoxy) is 1. The maximum absolute atomic E-state index is 5.16. The van der Waals surface area contributed by atoms with Gasteiger partial charge in [0, 0.05) is 12.1 Å². The van der Waals surface area contributed by atoms with Crippen molar-refractivity contribution < 1.29 is 4.74 Å². The molecule has 1 aromatic rings. The molecule has 0 aromatic heterocycles. The summed E-state index contributed by atoms with van der Waals surface area (Å²) in [5.41, 5.74) is 1.36.